The van der Waals surface area contributed by atoms with Crippen molar-refractivity contribution in [1.82, 2.24) is 0 Å². The molecule has 9 heteroatoms. The molecule has 0 saturated carbocycles. The van der Waals surface area contributed by atoms with Crippen LogP contribution < -0.4 is 4.89 Å². The molecule has 0 heterocycles. The number of esters is 2. The first-order chi connectivity index (χ1) is 24.8. The third-order valence-electron chi connectivity index (χ3n) is 9.57. The zero-order valence-corrected chi connectivity index (χ0v) is 34.6. The van der Waals surface area contributed by atoms with Gasteiger partial charge in [-0.05, 0) is 19.3 Å². The van der Waals surface area contributed by atoms with Crippen LogP contribution in [0.5, 0.6) is 0 Å². The van der Waals surface area contributed by atoms with Gasteiger partial charge in [0.25, 0.3) is 7.82 Å². The predicted octanol–water partition coefficient (Wildman–Crippen LogP) is 12.9. The summed E-state index contributed by atoms with van der Waals surface area (Å²) in [6.07, 6.45) is 37.5. The van der Waals surface area contributed by atoms with E-state index >= 15 is 0 Å². The summed E-state index contributed by atoms with van der Waals surface area (Å²) in [5, 5.41) is 0. The van der Waals surface area contributed by atoms with Gasteiger partial charge < -0.3 is 23.4 Å². The van der Waals surface area contributed by atoms with Gasteiger partial charge in [-0.15, -0.1) is 0 Å². The Morgan fingerprint density at radius 2 is 0.784 bits per heavy atom. The first-order valence-electron chi connectivity index (χ1n) is 21.8. The smallest absolute Gasteiger partial charge is 0.306 e. The molecule has 2 atom stereocenters. The minimum atomic E-state index is -4.54. The lowest BCUT2D eigenvalue weighted by molar-refractivity contribution is -0.228. The Balaban J connectivity index is 4.11. The Bertz CT molecular complexity index is 808. The van der Waals surface area contributed by atoms with E-state index in [1.807, 2.05) is 0 Å². The van der Waals surface area contributed by atoms with Crippen LogP contribution in [0.1, 0.15) is 233 Å². The number of phosphoric acid groups is 1. The lowest BCUT2D eigenvalue weighted by atomic mass is 10.0. The molecule has 0 aliphatic heterocycles. The highest BCUT2D eigenvalue weighted by Crippen LogP contribution is 2.38. The van der Waals surface area contributed by atoms with E-state index < -0.39 is 26.5 Å². The van der Waals surface area contributed by atoms with Crippen LogP contribution in [0.25, 0.3) is 0 Å². The number of ether oxygens (including phenoxy) is 2. The molecule has 51 heavy (non-hydrogen) atoms. The Kier molecular flexibility index (Phi) is 38.0. The molecule has 0 aromatic rings. The maximum Gasteiger partial charge on any atom is 0.306 e. The molecule has 0 aromatic heterocycles. The second-order valence-electron chi connectivity index (χ2n) is 14.8. The molecule has 0 spiro atoms. The summed E-state index contributed by atoms with van der Waals surface area (Å²) in [5.74, 6) is -0.812. The first kappa shape index (κ1) is 50.1. The summed E-state index contributed by atoms with van der Waals surface area (Å²) in [6, 6.07) is 0. The van der Waals surface area contributed by atoms with E-state index in [9.17, 15) is 19.0 Å². The highest BCUT2D eigenvalue weighted by molar-refractivity contribution is 7.45. The van der Waals surface area contributed by atoms with Gasteiger partial charge in [0.2, 0.25) is 0 Å². The van der Waals surface area contributed by atoms with Crippen molar-refractivity contribution in [3.05, 3.63) is 0 Å². The Morgan fingerprint density at radius 1 is 0.451 bits per heavy atom. The fourth-order valence-corrected chi connectivity index (χ4v) is 7.14. The predicted molar refractivity (Wildman–Crippen MR) is 210 cm³/mol. The summed E-state index contributed by atoms with van der Waals surface area (Å²) < 4.78 is 32.7. The molecular weight excluding hydrogens is 663 g/mol. The molecule has 0 aromatic carbocycles. The summed E-state index contributed by atoms with van der Waals surface area (Å²) >= 11 is 0. The average molecular weight is 746 g/mol. The zero-order valence-electron chi connectivity index (χ0n) is 33.7. The van der Waals surface area contributed by atoms with Crippen molar-refractivity contribution in [2.24, 2.45) is 0 Å². The number of phosphoric ester groups is 1. The van der Waals surface area contributed by atoms with Crippen LogP contribution in [0.2, 0.25) is 0 Å². The van der Waals surface area contributed by atoms with E-state index in [0.717, 1.165) is 32.1 Å². The lowest BCUT2D eigenvalue weighted by Gasteiger charge is -2.25. The van der Waals surface area contributed by atoms with Gasteiger partial charge in [0, 0.05) is 12.8 Å². The van der Waals surface area contributed by atoms with Crippen LogP contribution in [0.15, 0.2) is 0 Å². The van der Waals surface area contributed by atoms with Crippen molar-refractivity contribution in [2.45, 2.75) is 239 Å². The van der Waals surface area contributed by atoms with Gasteiger partial charge in [-0.2, -0.15) is 0 Å². The van der Waals surface area contributed by atoms with Gasteiger partial charge in [0.05, 0.1) is 13.2 Å². The minimum absolute atomic E-state index is 0.0126. The van der Waals surface area contributed by atoms with Crippen LogP contribution in [-0.2, 0) is 32.7 Å². The highest BCUT2D eigenvalue weighted by atomic mass is 31.2. The Morgan fingerprint density at radius 3 is 1.14 bits per heavy atom. The van der Waals surface area contributed by atoms with Crippen LogP contribution >= 0.6 is 7.82 Å². The van der Waals surface area contributed by atoms with Crippen molar-refractivity contribution in [2.75, 3.05) is 19.8 Å². The van der Waals surface area contributed by atoms with E-state index in [1.165, 1.54) is 154 Å². The lowest BCUT2D eigenvalue weighted by Crippen LogP contribution is -2.30. The first-order valence-corrected chi connectivity index (χ1v) is 23.3. The van der Waals surface area contributed by atoms with E-state index in [4.69, 9.17) is 18.5 Å². The third-order valence-corrected chi connectivity index (χ3v) is 10.5. The van der Waals surface area contributed by atoms with E-state index in [0.29, 0.717) is 19.3 Å². The monoisotopic (exact) mass is 746 g/mol. The Labute approximate surface area is 315 Å². The fraction of sp³-hybridized carbons (Fsp3) is 0.952. The molecule has 0 N–H and O–H groups in total. The SMILES string of the molecule is CCCCCCCCCCCCCCCCCC(=O)OC[C@@H](COP(=O)([O-])OCCC)OC(=O)CCCCCCCCCCCCCCCCC. The van der Waals surface area contributed by atoms with Crippen molar-refractivity contribution >= 4 is 19.8 Å². The minimum Gasteiger partial charge on any atom is -0.756 e. The molecule has 8 nitrogen and oxygen atoms in total. The summed E-state index contributed by atoms with van der Waals surface area (Å²) in [7, 11) is -4.54. The average Bonchev–Trinajstić information content (AvgIpc) is 3.11. The van der Waals surface area contributed by atoms with Crippen molar-refractivity contribution in [3.8, 4) is 0 Å². The van der Waals surface area contributed by atoms with E-state index in [-0.39, 0.29) is 25.6 Å². The summed E-state index contributed by atoms with van der Waals surface area (Å²) in [5.41, 5.74) is 0. The number of carbonyl (C=O) groups is 2. The number of hydrogen-bond acceptors (Lipinski definition) is 8. The third kappa shape index (κ3) is 38.6. The second kappa shape index (κ2) is 38.8. The number of hydrogen-bond donors (Lipinski definition) is 0. The van der Waals surface area contributed by atoms with E-state index in [1.54, 1.807) is 6.92 Å². The van der Waals surface area contributed by atoms with Gasteiger partial charge in [0.1, 0.15) is 6.61 Å². The Hall–Kier alpha value is -0.950. The molecule has 0 fully saturated rings. The summed E-state index contributed by atoms with van der Waals surface area (Å²) in [6.45, 7) is 5.64. The number of carbonyl (C=O) groups excluding carboxylic acids is 2. The number of rotatable bonds is 41. The van der Waals surface area contributed by atoms with Gasteiger partial charge in [-0.25, -0.2) is 0 Å². The molecule has 0 rings (SSSR count). The molecule has 0 aliphatic carbocycles. The normalized spacial score (nSPS) is 13.3. The largest absolute Gasteiger partial charge is 0.756 e. The maximum atomic E-state index is 12.6. The molecule has 0 bridgehead atoms. The van der Waals surface area contributed by atoms with Crippen LogP contribution in [-0.4, -0.2) is 37.9 Å². The van der Waals surface area contributed by atoms with Crippen LogP contribution in [0.4, 0.5) is 0 Å². The van der Waals surface area contributed by atoms with Gasteiger partial charge in [0.15, 0.2) is 6.10 Å². The van der Waals surface area contributed by atoms with Crippen LogP contribution in [0.3, 0.4) is 0 Å². The van der Waals surface area contributed by atoms with Crippen LogP contribution in [0, 0.1) is 0 Å². The second-order valence-corrected chi connectivity index (χ2v) is 16.2. The number of unbranched alkanes of at least 4 members (excludes halogenated alkanes) is 28. The molecule has 1 unspecified atom stereocenters. The summed E-state index contributed by atoms with van der Waals surface area (Å²) in [4.78, 5) is 37.0. The van der Waals surface area contributed by atoms with Gasteiger partial charge in [-0.3, -0.25) is 14.2 Å². The molecule has 0 amide bonds. The molecule has 0 saturated heterocycles. The van der Waals surface area contributed by atoms with Crippen molar-refractivity contribution in [3.63, 3.8) is 0 Å². The molecule has 0 aliphatic rings. The fourth-order valence-electron chi connectivity index (χ4n) is 6.32. The van der Waals surface area contributed by atoms with Gasteiger partial charge >= 0.3 is 11.9 Å². The standard InChI is InChI=1S/C42H83O8P/c1-4-7-9-11-13-15-17-19-21-23-25-27-29-31-33-35-41(43)47-38-40(39-49-51(45,46)48-37-6-3)50-42(44)36-34-32-30-28-26-24-22-20-18-16-14-12-10-8-5-2/h40H,4-39H2,1-3H3,(H,45,46)/p-1/t40-/m0/s1. The van der Waals surface area contributed by atoms with Crippen molar-refractivity contribution < 1.29 is 37.6 Å². The molecular formula is C42H82O8P-. The maximum absolute atomic E-state index is 12.6. The van der Waals surface area contributed by atoms with E-state index in [2.05, 4.69) is 13.8 Å². The van der Waals surface area contributed by atoms with Gasteiger partial charge in [-0.1, -0.05) is 201 Å². The van der Waals surface area contributed by atoms with Crippen molar-refractivity contribution in [1.29, 1.82) is 0 Å². The topological polar surface area (TPSA) is 111 Å². The zero-order chi connectivity index (χ0) is 37.5. The molecule has 304 valence electrons. The quantitative estimate of drug-likeness (QED) is 0.0345. The molecule has 0 radical (unpaired) electrons. The highest BCUT2D eigenvalue weighted by Gasteiger charge is 2.21.